The number of ketones is 4. The summed E-state index contributed by atoms with van der Waals surface area (Å²) in [6.45, 7) is 0. The lowest BCUT2D eigenvalue weighted by Crippen LogP contribution is -2.27. The van der Waals surface area contributed by atoms with Gasteiger partial charge in [0.05, 0.1) is 30.3 Å². The predicted octanol–water partition coefficient (Wildman–Crippen LogP) is 15.0. The fraction of sp³-hybridized carbons (Fsp3) is 0.111. The molecule has 1 saturated carbocycles. The lowest BCUT2D eigenvalue weighted by molar-refractivity contribution is 0.0975. The van der Waals surface area contributed by atoms with Gasteiger partial charge in [-0.05, 0) is 129 Å². The summed E-state index contributed by atoms with van der Waals surface area (Å²) in [4.78, 5) is 60.2. The summed E-state index contributed by atoms with van der Waals surface area (Å²) < 4.78 is 4.94. The molecule has 0 saturated heterocycles. The molecule has 0 aliphatic heterocycles. The molecule has 62 heavy (non-hydrogen) atoms. The summed E-state index contributed by atoms with van der Waals surface area (Å²) in [6.07, 6.45) is 9.30. The van der Waals surface area contributed by atoms with E-state index in [0.29, 0.717) is 22.3 Å². The first-order valence-electron chi connectivity index (χ1n) is 21.0. The van der Waals surface area contributed by atoms with Crippen LogP contribution in [0.25, 0.3) is 83.8 Å². The van der Waals surface area contributed by atoms with Gasteiger partial charge >= 0.3 is 0 Å². The zero-order valence-corrected chi connectivity index (χ0v) is 36.1. The van der Waals surface area contributed by atoms with Crippen LogP contribution >= 0.6 is 45.3 Å². The van der Waals surface area contributed by atoms with E-state index in [-0.39, 0.29) is 39.7 Å². The van der Waals surface area contributed by atoms with Crippen molar-refractivity contribution >= 4 is 143 Å². The number of benzene rings is 6. The first-order valence-corrected chi connectivity index (χ1v) is 24.3. The van der Waals surface area contributed by atoms with Crippen LogP contribution in [0, 0.1) is 0 Å². The smallest absolute Gasteiger partial charge is 0.197 e. The first kappa shape index (κ1) is 35.4. The number of hydrogen-bond acceptors (Lipinski definition) is 8. The molecule has 0 N–H and O–H groups in total. The SMILES string of the molecule is O=C1C(=Cc2cc3sc4c(c3s2)C2(CCCCC2)c2c-4sc3cc(C=C4C(=O)c5cc6cc7ccccc7cc6cc5C4=O)sc23)C(=O)c2cc3cc4ccccc4cc3cc21. The third-order valence-electron chi connectivity index (χ3n) is 13.8. The Kier molecular flexibility index (Phi) is 7.14. The van der Waals surface area contributed by atoms with Crippen LogP contribution in [-0.2, 0) is 5.41 Å². The number of thiophene rings is 4. The molecule has 0 bridgehead atoms. The summed E-state index contributed by atoms with van der Waals surface area (Å²) in [6, 6.07) is 36.6. The van der Waals surface area contributed by atoms with Crippen molar-refractivity contribution in [2.75, 3.05) is 0 Å². The Morgan fingerprint density at radius 1 is 0.403 bits per heavy atom. The number of allylic oxidation sites excluding steroid dienone is 2. The van der Waals surface area contributed by atoms with Gasteiger partial charge in [-0.15, -0.1) is 45.3 Å². The monoisotopic (exact) mass is 870 g/mol. The van der Waals surface area contributed by atoms with Crippen molar-refractivity contribution in [2.24, 2.45) is 0 Å². The molecule has 0 radical (unpaired) electrons. The van der Waals surface area contributed by atoms with Crippen LogP contribution in [0.2, 0.25) is 0 Å². The molecule has 294 valence electrons. The van der Waals surface area contributed by atoms with Crippen LogP contribution in [0.1, 0.15) is 94.4 Å². The minimum Gasteiger partial charge on any atom is -0.288 e. The van der Waals surface area contributed by atoms with E-state index in [1.807, 2.05) is 83.4 Å². The summed E-state index contributed by atoms with van der Waals surface area (Å²) in [7, 11) is 0. The minimum absolute atomic E-state index is 0.123. The number of rotatable bonds is 2. The second kappa shape index (κ2) is 12.5. The summed E-state index contributed by atoms with van der Waals surface area (Å²) in [5.74, 6) is -0.812. The number of carbonyl (C=O) groups excluding carboxylic acids is 4. The van der Waals surface area contributed by atoms with Crippen molar-refractivity contribution < 1.29 is 19.2 Å². The van der Waals surface area contributed by atoms with E-state index < -0.39 is 0 Å². The number of fused-ring (bicyclic) bond motifs is 15. The Balaban J connectivity index is 0.831. The summed E-state index contributed by atoms with van der Waals surface area (Å²) in [5, 5.41) is 8.25. The third-order valence-corrected chi connectivity index (χ3v) is 18.7. The van der Waals surface area contributed by atoms with Crippen molar-refractivity contribution in [1.82, 2.24) is 0 Å². The van der Waals surface area contributed by atoms with Crippen molar-refractivity contribution in [3.05, 3.63) is 163 Å². The quantitative estimate of drug-likeness (QED) is 0.0986. The van der Waals surface area contributed by atoms with Gasteiger partial charge in [0.25, 0.3) is 0 Å². The van der Waals surface area contributed by atoms with Crippen LogP contribution in [0.15, 0.2) is 120 Å². The average molecular weight is 871 g/mol. The molecule has 4 aromatic heterocycles. The maximum absolute atomic E-state index is 13.9. The van der Waals surface area contributed by atoms with Crippen LogP contribution in [0.3, 0.4) is 0 Å². The molecule has 14 rings (SSSR count). The van der Waals surface area contributed by atoms with E-state index in [1.54, 1.807) is 22.7 Å². The van der Waals surface area contributed by atoms with E-state index in [4.69, 9.17) is 0 Å². The Hall–Kier alpha value is -6.16. The molecule has 0 unspecified atom stereocenters. The molecule has 8 heteroatoms. The topological polar surface area (TPSA) is 68.3 Å². The molecule has 0 atom stereocenters. The molecule has 4 aliphatic rings. The lowest BCUT2D eigenvalue weighted by Gasteiger charge is -2.35. The Labute approximate surface area is 370 Å². The second-order valence-corrected chi connectivity index (χ2v) is 21.5. The van der Waals surface area contributed by atoms with Crippen LogP contribution < -0.4 is 0 Å². The molecule has 0 amide bonds. The molecule has 1 fully saturated rings. The summed E-state index contributed by atoms with van der Waals surface area (Å²) >= 11 is 7.08. The summed E-state index contributed by atoms with van der Waals surface area (Å²) in [5.41, 5.74) is 5.13. The van der Waals surface area contributed by atoms with Gasteiger partial charge in [0.15, 0.2) is 23.1 Å². The highest BCUT2D eigenvalue weighted by molar-refractivity contribution is 7.35. The van der Waals surface area contributed by atoms with Crippen molar-refractivity contribution in [1.29, 1.82) is 0 Å². The Bertz CT molecular complexity index is 3470. The van der Waals surface area contributed by atoms with Gasteiger partial charge in [0.1, 0.15) is 0 Å². The highest BCUT2D eigenvalue weighted by atomic mass is 32.1. The van der Waals surface area contributed by atoms with Gasteiger partial charge in [0.2, 0.25) is 0 Å². The van der Waals surface area contributed by atoms with E-state index >= 15 is 0 Å². The average Bonchev–Trinajstić information content (AvgIpc) is 4.14. The largest absolute Gasteiger partial charge is 0.288 e. The van der Waals surface area contributed by atoms with Gasteiger partial charge in [-0.2, -0.15) is 0 Å². The van der Waals surface area contributed by atoms with E-state index in [9.17, 15) is 19.2 Å². The lowest BCUT2D eigenvalue weighted by atomic mass is 9.68. The van der Waals surface area contributed by atoms with Crippen molar-refractivity contribution in [2.45, 2.75) is 37.5 Å². The maximum Gasteiger partial charge on any atom is 0.197 e. The zero-order chi connectivity index (χ0) is 41.2. The van der Waals surface area contributed by atoms with Gasteiger partial charge in [-0.25, -0.2) is 0 Å². The Morgan fingerprint density at radius 3 is 1.11 bits per heavy atom. The van der Waals surface area contributed by atoms with Crippen LogP contribution in [-0.4, -0.2) is 23.1 Å². The van der Waals surface area contributed by atoms with Crippen LogP contribution in [0.5, 0.6) is 0 Å². The van der Waals surface area contributed by atoms with Gasteiger partial charge in [-0.1, -0.05) is 67.8 Å². The number of Topliss-reactive ketones (excluding diaryl/α,β-unsaturated/α-hetero) is 4. The van der Waals surface area contributed by atoms with E-state index in [2.05, 4.69) is 60.7 Å². The highest BCUT2D eigenvalue weighted by Crippen LogP contribution is 2.66. The molecular formula is C54H30O4S4. The fourth-order valence-electron chi connectivity index (χ4n) is 11.0. The van der Waals surface area contributed by atoms with Gasteiger partial charge in [-0.3, -0.25) is 19.2 Å². The molecule has 4 nitrogen and oxygen atoms in total. The molecule has 4 aliphatic carbocycles. The minimum atomic E-state index is -0.203. The van der Waals surface area contributed by atoms with E-state index in [0.717, 1.165) is 78.5 Å². The second-order valence-electron chi connectivity index (χ2n) is 17.3. The van der Waals surface area contributed by atoms with Crippen molar-refractivity contribution in [3.8, 4) is 9.75 Å². The van der Waals surface area contributed by atoms with Crippen molar-refractivity contribution in [3.63, 3.8) is 0 Å². The fourth-order valence-corrected chi connectivity index (χ4v) is 16.7. The number of carbonyl (C=O) groups is 4. The highest BCUT2D eigenvalue weighted by Gasteiger charge is 2.49. The molecule has 4 heterocycles. The van der Waals surface area contributed by atoms with Crippen LogP contribution in [0.4, 0.5) is 0 Å². The first-order chi connectivity index (χ1) is 30.3. The Morgan fingerprint density at radius 2 is 0.758 bits per heavy atom. The van der Waals surface area contributed by atoms with Gasteiger partial charge in [0, 0.05) is 57.9 Å². The molecule has 10 aromatic rings. The number of hydrogen-bond donors (Lipinski definition) is 0. The molecule has 6 aromatic carbocycles. The zero-order valence-electron chi connectivity index (χ0n) is 32.8. The van der Waals surface area contributed by atoms with Gasteiger partial charge < -0.3 is 0 Å². The standard InChI is InChI=1S/C54H30O4S4/c55-46-36-18-30-14-26-8-2-3-9-27(26)15-31(30)19-37(36)47(56)40(46)22-34-24-42-50(59-34)44-52(61-42)53-45(54(44)12-6-1-7-13-54)51-43(62-53)25-35(60-51)23-41-48(57)38-20-32-16-28-10-4-5-11-29(28)17-33(32)21-39(38)49(41)58/h2-5,8-11,14-25H,1,6-7,12-13H2. The third kappa shape index (κ3) is 4.75. The van der Waals surface area contributed by atoms with E-state index in [1.165, 1.54) is 46.1 Å². The molecular weight excluding hydrogens is 841 g/mol. The molecule has 1 spiro atoms. The normalized spacial score (nSPS) is 16.6. The maximum atomic E-state index is 13.9. The predicted molar refractivity (Wildman–Crippen MR) is 258 cm³/mol.